The van der Waals surface area contributed by atoms with E-state index < -0.39 is 15.8 Å². The monoisotopic (exact) mass is 333 g/mol. The number of aryl methyl sites for hydroxylation is 1. The summed E-state index contributed by atoms with van der Waals surface area (Å²) in [5.74, 6) is -0.490. The lowest BCUT2D eigenvalue weighted by Crippen LogP contribution is -2.16. The van der Waals surface area contributed by atoms with Gasteiger partial charge in [0, 0.05) is 0 Å². The number of anilines is 1. The summed E-state index contributed by atoms with van der Waals surface area (Å²) >= 11 is 0. The van der Waals surface area contributed by atoms with E-state index in [2.05, 4.69) is 20.2 Å². The highest BCUT2D eigenvalue weighted by Gasteiger charge is 2.19. The number of benzene rings is 2. The Hall–Kier alpha value is -2.81. The van der Waals surface area contributed by atoms with E-state index in [9.17, 15) is 12.8 Å². The van der Waals surface area contributed by atoms with Crippen LogP contribution in [0, 0.1) is 12.7 Å². The smallest absolute Gasteiger partial charge is 0.262 e. The van der Waals surface area contributed by atoms with E-state index in [0.717, 1.165) is 6.07 Å². The van der Waals surface area contributed by atoms with Crippen LogP contribution in [0.5, 0.6) is 0 Å². The molecule has 1 N–H and O–H groups in total. The van der Waals surface area contributed by atoms with Crippen LogP contribution in [0.25, 0.3) is 5.69 Å². The summed E-state index contributed by atoms with van der Waals surface area (Å²) in [7, 11) is -3.87. The zero-order valence-corrected chi connectivity index (χ0v) is 12.8. The molecule has 0 aliphatic heterocycles. The number of halogens is 1. The molecule has 2 aromatic carbocycles. The van der Waals surface area contributed by atoms with Crippen molar-refractivity contribution < 1.29 is 12.8 Å². The summed E-state index contributed by atoms with van der Waals surface area (Å²) in [5, 5.41) is 10.8. The second kappa shape index (κ2) is 5.76. The molecule has 0 saturated carbocycles. The lowest BCUT2D eigenvalue weighted by Gasteiger charge is -2.13. The molecule has 0 fully saturated rings. The van der Waals surface area contributed by atoms with E-state index in [4.69, 9.17) is 0 Å². The molecule has 0 saturated heterocycles. The third kappa shape index (κ3) is 3.04. The minimum atomic E-state index is -3.87. The Morgan fingerprint density at radius 3 is 2.65 bits per heavy atom. The first-order valence-electron chi connectivity index (χ1n) is 6.59. The molecule has 0 atom stereocenters. The molecule has 1 aromatic heterocycles. The number of hydrogen-bond acceptors (Lipinski definition) is 5. The van der Waals surface area contributed by atoms with Crippen LogP contribution in [0.4, 0.5) is 10.1 Å². The lowest BCUT2D eigenvalue weighted by molar-refractivity contribution is 0.598. The first kappa shape index (κ1) is 15.1. The molecule has 3 aromatic rings. The van der Waals surface area contributed by atoms with Crippen LogP contribution in [0.1, 0.15) is 5.56 Å². The molecule has 3 rings (SSSR count). The number of nitrogens with zero attached hydrogens (tertiary/aromatic N) is 4. The summed E-state index contributed by atoms with van der Waals surface area (Å²) in [6.45, 7) is 1.53. The average Bonchev–Trinajstić information content (AvgIpc) is 3.01. The maximum atomic E-state index is 13.2. The Labute approximate surface area is 131 Å². The molecule has 0 amide bonds. The van der Waals surface area contributed by atoms with Crippen molar-refractivity contribution in [3.8, 4) is 5.69 Å². The summed E-state index contributed by atoms with van der Waals surface area (Å²) in [6.07, 6.45) is 1.36. The minimum Gasteiger partial charge on any atom is -0.277 e. The molecule has 1 heterocycles. The topological polar surface area (TPSA) is 89.8 Å². The van der Waals surface area contributed by atoms with Gasteiger partial charge in [-0.25, -0.2) is 12.8 Å². The summed E-state index contributed by atoms with van der Waals surface area (Å²) < 4.78 is 42.1. The van der Waals surface area contributed by atoms with Gasteiger partial charge in [-0.15, -0.1) is 5.10 Å². The molecule has 0 unspecified atom stereocenters. The molecule has 0 bridgehead atoms. The second-order valence-electron chi connectivity index (χ2n) is 4.79. The number of hydrogen-bond donors (Lipinski definition) is 1. The van der Waals surface area contributed by atoms with E-state index >= 15 is 0 Å². The van der Waals surface area contributed by atoms with Crippen molar-refractivity contribution in [1.82, 2.24) is 20.2 Å². The summed E-state index contributed by atoms with van der Waals surface area (Å²) in [4.78, 5) is 0.00502. The van der Waals surface area contributed by atoms with Gasteiger partial charge >= 0.3 is 0 Å². The third-order valence-corrected chi connectivity index (χ3v) is 4.70. The Bertz CT molecular complexity index is 942. The van der Waals surface area contributed by atoms with E-state index in [1.165, 1.54) is 30.1 Å². The average molecular weight is 333 g/mol. The van der Waals surface area contributed by atoms with Gasteiger partial charge in [0.25, 0.3) is 10.0 Å². The standard InChI is InChI=1S/C14H12FN5O2S/c1-10-8-11(15)6-7-14(10)23(21,22)17-12-4-2-3-5-13(12)20-9-16-18-19-20/h2-9,17H,1H3. The number of para-hydroxylation sites is 2. The maximum Gasteiger partial charge on any atom is 0.262 e. The van der Waals surface area contributed by atoms with E-state index in [1.807, 2.05) is 0 Å². The highest BCUT2D eigenvalue weighted by Crippen LogP contribution is 2.24. The van der Waals surface area contributed by atoms with Crippen molar-refractivity contribution in [1.29, 1.82) is 0 Å². The van der Waals surface area contributed by atoms with Crippen LogP contribution in [0.2, 0.25) is 0 Å². The zero-order chi connectivity index (χ0) is 16.4. The Kier molecular flexibility index (Phi) is 3.78. The predicted molar refractivity (Wildman–Crippen MR) is 81.1 cm³/mol. The minimum absolute atomic E-state index is 0.00502. The zero-order valence-electron chi connectivity index (χ0n) is 12.0. The van der Waals surface area contributed by atoms with Gasteiger partial charge in [-0.1, -0.05) is 12.1 Å². The highest BCUT2D eigenvalue weighted by atomic mass is 32.2. The van der Waals surface area contributed by atoms with Gasteiger partial charge < -0.3 is 0 Å². The highest BCUT2D eigenvalue weighted by molar-refractivity contribution is 7.92. The maximum absolute atomic E-state index is 13.2. The lowest BCUT2D eigenvalue weighted by atomic mass is 10.2. The summed E-state index contributed by atoms with van der Waals surface area (Å²) in [6, 6.07) is 10.2. The van der Waals surface area contributed by atoms with Gasteiger partial charge in [0.15, 0.2) is 0 Å². The van der Waals surface area contributed by atoms with Gasteiger partial charge in [-0.3, -0.25) is 4.72 Å². The van der Waals surface area contributed by atoms with Crippen LogP contribution >= 0.6 is 0 Å². The fourth-order valence-corrected chi connectivity index (χ4v) is 3.45. The van der Waals surface area contributed by atoms with Gasteiger partial charge in [0.05, 0.1) is 16.3 Å². The Morgan fingerprint density at radius 2 is 1.96 bits per heavy atom. The van der Waals surface area contributed by atoms with Crippen molar-refractivity contribution in [2.24, 2.45) is 0 Å². The summed E-state index contributed by atoms with van der Waals surface area (Å²) in [5.41, 5.74) is 1.10. The molecule has 118 valence electrons. The molecule has 9 heteroatoms. The number of rotatable bonds is 4. The van der Waals surface area contributed by atoms with E-state index in [-0.39, 0.29) is 4.90 Å². The molecule has 0 aliphatic rings. The van der Waals surface area contributed by atoms with Crippen LogP contribution in [-0.4, -0.2) is 28.6 Å². The molecule has 7 nitrogen and oxygen atoms in total. The largest absolute Gasteiger partial charge is 0.277 e. The van der Waals surface area contributed by atoms with Crippen molar-refractivity contribution in [3.05, 3.63) is 60.2 Å². The number of sulfonamides is 1. The van der Waals surface area contributed by atoms with E-state index in [0.29, 0.717) is 16.9 Å². The quantitative estimate of drug-likeness (QED) is 0.788. The van der Waals surface area contributed by atoms with Crippen molar-refractivity contribution in [2.45, 2.75) is 11.8 Å². The fourth-order valence-electron chi connectivity index (χ4n) is 2.15. The first-order chi connectivity index (χ1) is 11.0. The molecular formula is C14H12FN5O2S. The molecule has 23 heavy (non-hydrogen) atoms. The van der Waals surface area contributed by atoms with Crippen LogP contribution in [-0.2, 0) is 10.0 Å². The number of nitrogens with one attached hydrogen (secondary N) is 1. The van der Waals surface area contributed by atoms with Gasteiger partial charge in [0.2, 0.25) is 0 Å². The van der Waals surface area contributed by atoms with Crippen molar-refractivity contribution >= 4 is 15.7 Å². The number of tetrazole rings is 1. The van der Waals surface area contributed by atoms with Gasteiger partial charge in [-0.05, 0) is 53.2 Å². The van der Waals surface area contributed by atoms with Gasteiger partial charge in [0.1, 0.15) is 12.1 Å². The van der Waals surface area contributed by atoms with Crippen LogP contribution in [0.15, 0.2) is 53.7 Å². The normalized spacial score (nSPS) is 11.4. The van der Waals surface area contributed by atoms with Crippen LogP contribution < -0.4 is 4.72 Å². The Balaban J connectivity index is 2.02. The Morgan fingerprint density at radius 1 is 1.17 bits per heavy atom. The second-order valence-corrected chi connectivity index (χ2v) is 6.44. The van der Waals surface area contributed by atoms with Crippen molar-refractivity contribution in [3.63, 3.8) is 0 Å². The molecular weight excluding hydrogens is 321 g/mol. The first-order valence-corrected chi connectivity index (χ1v) is 8.07. The molecule has 0 aliphatic carbocycles. The predicted octanol–water partition coefficient (Wildman–Crippen LogP) is 1.91. The molecule has 0 radical (unpaired) electrons. The van der Waals surface area contributed by atoms with Crippen molar-refractivity contribution in [2.75, 3.05) is 4.72 Å². The fraction of sp³-hybridized carbons (Fsp3) is 0.0714. The third-order valence-electron chi connectivity index (χ3n) is 3.17. The molecule has 0 spiro atoms. The van der Waals surface area contributed by atoms with E-state index in [1.54, 1.807) is 24.3 Å². The van der Waals surface area contributed by atoms with Gasteiger partial charge in [-0.2, -0.15) is 4.68 Å². The number of aromatic nitrogens is 4. The SMILES string of the molecule is Cc1cc(F)ccc1S(=O)(=O)Nc1ccccc1-n1cnnn1. The van der Waals surface area contributed by atoms with Crippen LogP contribution in [0.3, 0.4) is 0 Å².